The first-order chi connectivity index (χ1) is 21.4. The Morgan fingerprint density at radius 2 is 1.60 bits per heavy atom. The molecule has 13 nitrogen and oxygen atoms in total. The molecule has 1 N–H and O–H groups in total. The van der Waals surface area contributed by atoms with Gasteiger partial charge in [-0.05, 0) is 29.1 Å². The highest BCUT2D eigenvalue weighted by Crippen LogP contribution is 2.31. The van der Waals surface area contributed by atoms with Gasteiger partial charge in [0.15, 0.2) is 24.5 Å². The summed E-state index contributed by atoms with van der Waals surface area (Å²) in [5.74, 6) is -3.02. The van der Waals surface area contributed by atoms with E-state index in [1.807, 2.05) is 17.5 Å². The monoisotopic (exact) mass is 663 g/mol. The Bertz CT molecular complexity index is 1420. The molecular weight excluding hydrogens is 630 g/mol. The molecule has 0 unspecified atom stereocenters. The largest absolute Gasteiger partial charge is 0.463 e. The second-order valence-corrected chi connectivity index (χ2v) is 11.9. The third-order valence-electron chi connectivity index (χ3n) is 6.81. The molecule has 2 aromatic rings. The third-order valence-corrected chi connectivity index (χ3v) is 7.96. The molecular formula is C30H34ClN3O10S. The molecule has 3 heterocycles. The lowest BCUT2D eigenvalue weighted by atomic mass is 9.97. The van der Waals surface area contributed by atoms with Crippen LogP contribution in [-0.2, 0) is 60.6 Å². The van der Waals surface area contributed by atoms with Gasteiger partial charge in [0.2, 0.25) is 11.9 Å². The number of carbonyl (C=O) groups excluding carboxylic acids is 5. The van der Waals surface area contributed by atoms with Gasteiger partial charge < -0.3 is 29.0 Å². The van der Waals surface area contributed by atoms with Crippen LogP contribution in [0.3, 0.4) is 0 Å². The Kier molecular flexibility index (Phi) is 11.5. The van der Waals surface area contributed by atoms with E-state index < -0.39 is 61.1 Å². The van der Waals surface area contributed by atoms with E-state index in [9.17, 15) is 24.0 Å². The van der Waals surface area contributed by atoms with Crippen molar-refractivity contribution in [3.8, 4) is 0 Å². The molecule has 2 aliphatic heterocycles. The fraction of sp³-hybridized carbons (Fsp3) is 0.467. The predicted molar refractivity (Wildman–Crippen MR) is 161 cm³/mol. The highest BCUT2D eigenvalue weighted by atomic mass is 35.5. The molecule has 15 heteroatoms. The maximum atomic E-state index is 13.6. The molecule has 2 aliphatic rings. The number of carbonyl (C=O) groups is 5. The van der Waals surface area contributed by atoms with Crippen LogP contribution in [0.4, 0.5) is 0 Å². The lowest BCUT2D eigenvalue weighted by Crippen LogP contribution is -2.63. The van der Waals surface area contributed by atoms with Crippen LogP contribution in [0.25, 0.3) is 0 Å². The molecule has 0 saturated carbocycles. The summed E-state index contributed by atoms with van der Waals surface area (Å²) in [6.45, 7) is 4.33. The zero-order valence-corrected chi connectivity index (χ0v) is 26.7. The number of nitrogens with zero attached hydrogens (tertiary/aromatic N) is 2. The summed E-state index contributed by atoms with van der Waals surface area (Å²) in [6.07, 6.45) is -6.01. The second kappa shape index (κ2) is 15.3. The number of amides is 1. The van der Waals surface area contributed by atoms with Gasteiger partial charge in [-0.3, -0.25) is 28.9 Å². The van der Waals surface area contributed by atoms with Crippen molar-refractivity contribution in [1.29, 1.82) is 0 Å². The van der Waals surface area contributed by atoms with E-state index in [4.69, 9.17) is 40.3 Å². The van der Waals surface area contributed by atoms with Crippen LogP contribution in [0, 0.1) is 0 Å². The molecule has 1 aromatic heterocycles. The SMILES string of the molecule is CC(=O)OC[C@H]1O[C@@H](/N=C2\N[C@H](Cc3cccs3)CC(=O)N2Cc2ccc(Cl)cc2)[C@H](OC(C)=O)[C@@H](OC(C)=O)[C@@H]1OC(C)=O. The molecule has 0 spiro atoms. The zero-order chi connectivity index (χ0) is 32.7. The van der Waals surface area contributed by atoms with Crippen molar-refractivity contribution in [3.63, 3.8) is 0 Å². The minimum atomic E-state index is -1.41. The van der Waals surface area contributed by atoms with E-state index in [0.717, 1.165) is 31.2 Å². The normalized spacial score (nSPS) is 25.7. The number of thiophene rings is 1. The van der Waals surface area contributed by atoms with Crippen molar-refractivity contribution in [3.05, 3.63) is 57.2 Å². The molecule has 0 aliphatic carbocycles. The summed E-state index contributed by atoms with van der Waals surface area (Å²) in [7, 11) is 0. The lowest BCUT2D eigenvalue weighted by Gasteiger charge is -2.44. The summed E-state index contributed by atoms with van der Waals surface area (Å²) in [6, 6.07) is 10.5. The first kappa shape index (κ1) is 33.9. The highest BCUT2D eigenvalue weighted by molar-refractivity contribution is 7.09. The Hall–Kier alpha value is -4.01. The number of rotatable bonds is 10. The average molecular weight is 664 g/mol. The Labute approximate surface area is 268 Å². The van der Waals surface area contributed by atoms with Crippen molar-refractivity contribution in [2.24, 2.45) is 4.99 Å². The van der Waals surface area contributed by atoms with Gasteiger partial charge in [0, 0.05) is 56.5 Å². The quantitative estimate of drug-likeness (QED) is 0.294. The lowest BCUT2D eigenvalue weighted by molar-refractivity contribution is -0.251. The van der Waals surface area contributed by atoms with Crippen molar-refractivity contribution in [2.75, 3.05) is 6.61 Å². The molecule has 0 radical (unpaired) electrons. The summed E-state index contributed by atoms with van der Waals surface area (Å²) < 4.78 is 27.9. The van der Waals surface area contributed by atoms with Gasteiger partial charge in [-0.1, -0.05) is 29.8 Å². The van der Waals surface area contributed by atoms with Crippen LogP contribution < -0.4 is 5.32 Å². The van der Waals surface area contributed by atoms with Gasteiger partial charge in [-0.15, -0.1) is 11.3 Å². The number of ether oxygens (including phenoxy) is 5. The van der Waals surface area contributed by atoms with Crippen LogP contribution in [0.5, 0.6) is 0 Å². The van der Waals surface area contributed by atoms with Crippen LogP contribution in [0.2, 0.25) is 5.02 Å². The molecule has 1 aromatic carbocycles. The first-order valence-electron chi connectivity index (χ1n) is 14.1. The van der Waals surface area contributed by atoms with E-state index in [2.05, 4.69) is 5.32 Å². The van der Waals surface area contributed by atoms with E-state index in [1.165, 1.54) is 11.8 Å². The number of benzene rings is 1. The predicted octanol–water partition coefficient (Wildman–Crippen LogP) is 2.77. The number of hydrogen-bond donors (Lipinski definition) is 1. The summed E-state index contributed by atoms with van der Waals surface area (Å²) in [5.41, 5.74) is 0.764. The smallest absolute Gasteiger partial charge is 0.303 e. The van der Waals surface area contributed by atoms with Gasteiger partial charge >= 0.3 is 23.9 Å². The fourth-order valence-corrected chi connectivity index (χ4v) is 5.93. The van der Waals surface area contributed by atoms with E-state index in [1.54, 1.807) is 35.6 Å². The van der Waals surface area contributed by atoms with Gasteiger partial charge in [-0.2, -0.15) is 0 Å². The molecule has 4 rings (SSSR count). The number of esters is 4. The van der Waals surface area contributed by atoms with Crippen molar-refractivity contribution in [1.82, 2.24) is 10.2 Å². The van der Waals surface area contributed by atoms with Crippen LogP contribution in [-0.4, -0.2) is 83.9 Å². The van der Waals surface area contributed by atoms with E-state index in [0.29, 0.717) is 11.4 Å². The number of halogens is 1. The first-order valence-corrected chi connectivity index (χ1v) is 15.4. The van der Waals surface area contributed by atoms with Gasteiger partial charge in [0.05, 0.1) is 6.54 Å². The van der Waals surface area contributed by atoms with Gasteiger partial charge in [0.1, 0.15) is 12.7 Å². The van der Waals surface area contributed by atoms with Crippen LogP contribution in [0.1, 0.15) is 44.6 Å². The topological polar surface area (TPSA) is 159 Å². The van der Waals surface area contributed by atoms with Crippen LogP contribution >= 0.6 is 22.9 Å². The Morgan fingerprint density at radius 1 is 0.956 bits per heavy atom. The average Bonchev–Trinajstić information content (AvgIpc) is 3.46. The number of guanidine groups is 1. The molecule has 0 bridgehead atoms. The maximum absolute atomic E-state index is 13.6. The summed E-state index contributed by atoms with van der Waals surface area (Å²) in [4.78, 5) is 69.1. The highest BCUT2D eigenvalue weighted by Gasteiger charge is 2.52. The van der Waals surface area contributed by atoms with Crippen LogP contribution in [0.15, 0.2) is 46.8 Å². The Balaban J connectivity index is 1.77. The zero-order valence-electron chi connectivity index (χ0n) is 25.1. The van der Waals surface area contributed by atoms with Gasteiger partial charge in [-0.25, -0.2) is 4.99 Å². The minimum Gasteiger partial charge on any atom is -0.463 e. The molecule has 1 amide bonds. The molecule has 45 heavy (non-hydrogen) atoms. The molecule has 2 saturated heterocycles. The number of nitrogens with one attached hydrogen (secondary N) is 1. The maximum Gasteiger partial charge on any atom is 0.303 e. The van der Waals surface area contributed by atoms with Crippen molar-refractivity contribution < 1.29 is 47.7 Å². The molecule has 242 valence electrons. The standard InChI is InChI=1S/C30H34ClN3O10S/c1-16(35)40-15-24-26(41-17(2)36)27(42-18(3)37)28(43-19(4)38)29(44-24)33-30-32-22(12-23-6-5-11-45-23)13-25(39)34(30)14-20-7-9-21(31)10-8-20/h5-11,22,24,26-29H,12-15H2,1-4H3,(H,32,33)/t22-,24-,26-,27+,28-,29-/m1/s1. The summed E-state index contributed by atoms with van der Waals surface area (Å²) in [5, 5.41) is 5.80. The summed E-state index contributed by atoms with van der Waals surface area (Å²) >= 11 is 7.62. The van der Waals surface area contributed by atoms with Gasteiger partial charge in [0.25, 0.3) is 0 Å². The third kappa shape index (κ3) is 9.49. The molecule has 6 atom stereocenters. The molecule has 2 fully saturated rings. The number of hydrogen-bond acceptors (Lipinski definition) is 12. The van der Waals surface area contributed by atoms with Crippen molar-refractivity contribution >= 4 is 58.7 Å². The van der Waals surface area contributed by atoms with E-state index in [-0.39, 0.29) is 30.9 Å². The fourth-order valence-electron chi connectivity index (χ4n) is 5.02. The van der Waals surface area contributed by atoms with E-state index >= 15 is 0 Å². The number of aliphatic imine (C=N–C) groups is 1. The Morgan fingerprint density at radius 3 is 2.20 bits per heavy atom. The van der Waals surface area contributed by atoms with Crippen molar-refractivity contribution in [2.45, 2.75) is 83.8 Å². The minimum absolute atomic E-state index is 0.114. The second-order valence-electron chi connectivity index (χ2n) is 10.5.